The fourth-order valence-electron chi connectivity index (χ4n) is 17.0. The minimum Gasteiger partial charge on any atom is -0.453 e. The predicted octanol–water partition coefficient (Wildman–Crippen LogP) is 24.9. The molecule has 0 saturated heterocycles. The number of ether oxygens (including phenoxy) is 1. The number of para-hydroxylation sites is 10. The standard InChI is InChI=1S/C26H20N2.C20H16N2.C16H17N.C13H11NO.C8H11N.2C7H10N2.C6H9N3/c1-27-23-9-5-3-7-19(23)21-15-17(11-13-25(21)27)18-12-14-26-22(16-18)20-8-4-6-10-24(20)28(26)2;1-21-17-9-5-3-7-13(17)15-11-12-16-14-8-4-6-10-18(14)22(2)20(16)19(15)21;1-16(2)12-8-4-6-10-14(12)17(3)15-11-7-5-9-13(15)16;1-14-10-6-2-4-8-12(10)15-13-9-5-3-7-11(13)14;1-6-4-7(2)9-8(3)5-6;2*1-5-4-6(2)9-7(3)8-5;1-4-7-5(2)9-6(3)8-4/h3-16H,1-2H3;3-12H,1-2H3;4-11H,1-3H3;2-9H,1H3;4-5H,1-3H3;2*4H,1-3H3;1-3H3. The first-order chi connectivity index (χ1) is 56.7. The molecule has 15 heteroatoms. The Kier molecular flexibility index (Phi) is 23.6. The van der Waals surface area contributed by atoms with Gasteiger partial charge in [-0.2, -0.15) is 0 Å². The molecule has 0 radical (unpaired) electrons. The highest BCUT2D eigenvalue weighted by molar-refractivity contribution is 6.22. The molecule has 21 rings (SSSR count). The second-order valence-electron chi connectivity index (χ2n) is 31.2. The van der Waals surface area contributed by atoms with E-state index in [4.69, 9.17) is 4.74 Å². The number of benzene rings is 11. The molecule has 0 fully saturated rings. The summed E-state index contributed by atoms with van der Waals surface area (Å²) in [6.45, 7) is 28.0. The number of hydrogen-bond acceptors (Lipinski definition) is 11. The SMILES string of the molecule is CN1c2ccccc2C(C)(C)c2ccccc21.CN1c2ccccc2Oc2ccccc21.Cc1cc(C)nc(C)c1.Cc1cc(C)nc(C)n1.Cc1cc(C)nc(C)n1.Cc1nc(C)nc(C)n1.Cn1c2ccccc2c2cc(-c3ccc4c(c3)c3ccccc3n4C)ccc21.Cn1c2ccccc2c2ccc3c4ccccc4n(C)c3c21. The van der Waals surface area contributed by atoms with Crippen LogP contribution in [0.3, 0.4) is 0 Å². The molecule has 0 spiro atoms. The lowest BCUT2D eigenvalue weighted by atomic mass is 9.74. The van der Waals surface area contributed by atoms with E-state index in [2.05, 4.69) is 349 Å². The number of aromatic nitrogens is 12. The lowest BCUT2D eigenvalue weighted by Gasteiger charge is -2.40. The molecule has 0 bridgehead atoms. The fraction of sp³-hybridized carbons (Fsp3) is 0.204. The van der Waals surface area contributed by atoms with E-state index in [0.717, 1.165) is 86.2 Å². The van der Waals surface area contributed by atoms with Crippen LogP contribution >= 0.6 is 0 Å². The number of nitrogens with zero attached hydrogens (tertiary/aromatic N) is 14. The summed E-state index contributed by atoms with van der Waals surface area (Å²) >= 11 is 0. The first kappa shape index (κ1) is 80.9. The molecular formula is C103H104N14O. The largest absolute Gasteiger partial charge is 0.453 e. The lowest BCUT2D eigenvalue weighted by Crippen LogP contribution is -2.30. The van der Waals surface area contributed by atoms with Crippen LogP contribution < -0.4 is 14.5 Å². The van der Waals surface area contributed by atoms with Crippen LogP contribution in [0.1, 0.15) is 93.8 Å². The molecule has 0 saturated carbocycles. The second-order valence-corrected chi connectivity index (χ2v) is 31.2. The number of anilines is 4. The van der Waals surface area contributed by atoms with Crippen LogP contribution in [0, 0.1) is 83.1 Å². The van der Waals surface area contributed by atoms with Gasteiger partial charge in [-0.15, -0.1) is 0 Å². The quantitative estimate of drug-likeness (QED) is 0.155. The zero-order valence-electron chi connectivity index (χ0n) is 71.6. The molecule has 118 heavy (non-hydrogen) atoms. The third-order valence-corrected chi connectivity index (χ3v) is 22.0. The smallest absolute Gasteiger partial charge is 0.151 e. The molecule has 0 N–H and O–H groups in total. The highest BCUT2D eigenvalue weighted by Gasteiger charge is 2.34. The van der Waals surface area contributed by atoms with Crippen molar-refractivity contribution in [2.45, 2.75) is 102 Å². The van der Waals surface area contributed by atoms with Gasteiger partial charge in [-0.1, -0.05) is 172 Å². The van der Waals surface area contributed by atoms with Gasteiger partial charge in [0.25, 0.3) is 0 Å². The van der Waals surface area contributed by atoms with Crippen molar-refractivity contribution in [2.24, 2.45) is 28.2 Å². The van der Waals surface area contributed by atoms with E-state index in [1.807, 2.05) is 125 Å². The van der Waals surface area contributed by atoms with Gasteiger partial charge in [0, 0.05) is 169 Å². The highest BCUT2D eigenvalue weighted by Crippen LogP contribution is 2.49. The maximum Gasteiger partial charge on any atom is 0.151 e. The van der Waals surface area contributed by atoms with Crippen LogP contribution in [-0.4, -0.2) is 72.2 Å². The zero-order valence-corrected chi connectivity index (χ0v) is 71.6. The summed E-state index contributed by atoms with van der Waals surface area (Å²) in [6.07, 6.45) is 0. The van der Waals surface area contributed by atoms with E-state index in [1.54, 1.807) is 0 Å². The number of fused-ring (bicyclic) bond motifs is 17. The summed E-state index contributed by atoms with van der Waals surface area (Å²) in [5.41, 5.74) is 28.2. The Balaban J connectivity index is 0.000000115. The van der Waals surface area contributed by atoms with Crippen LogP contribution in [-0.2, 0) is 33.6 Å². The van der Waals surface area contributed by atoms with Crippen molar-refractivity contribution in [2.75, 3.05) is 23.9 Å². The summed E-state index contributed by atoms with van der Waals surface area (Å²) in [7, 11) is 12.8. The minimum absolute atomic E-state index is 0.0830. The molecule has 15 nitrogen and oxygen atoms in total. The molecule has 0 aliphatic carbocycles. The van der Waals surface area contributed by atoms with Crippen molar-refractivity contribution < 1.29 is 4.74 Å². The average molecular weight is 1550 g/mol. The third-order valence-electron chi connectivity index (χ3n) is 22.0. The summed E-state index contributed by atoms with van der Waals surface area (Å²) in [6, 6.07) is 94.3. The van der Waals surface area contributed by atoms with Crippen LogP contribution in [0.25, 0.3) is 98.4 Å². The number of aryl methyl sites for hydroxylation is 16. The Hall–Kier alpha value is -13.7. The van der Waals surface area contributed by atoms with E-state index in [9.17, 15) is 0 Å². The Labute approximate surface area is 692 Å². The molecule has 0 amide bonds. The van der Waals surface area contributed by atoms with Gasteiger partial charge in [-0.05, 0) is 220 Å². The van der Waals surface area contributed by atoms with Crippen LogP contribution in [0.5, 0.6) is 11.5 Å². The van der Waals surface area contributed by atoms with E-state index in [0.29, 0.717) is 0 Å². The van der Waals surface area contributed by atoms with E-state index < -0.39 is 0 Å². The number of rotatable bonds is 1. The maximum absolute atomic E-state index is 5.81. The summed E-state index contributed by atoms with van der Waals surface area (Å²) in [5, 5.41) is 10.6. The Morgan fingerprint density at radius 2 is 0.517 bits per heavy atom. The molecule has 8 aromatic heterocycles. The molecular weight excluding hydrogens is 1450 g/mol. The summed E-state index contributed by atoms with van der Waals surface area (Å²) in [5.74, 6) is 5.91. The zero-order chi connectivity index (χ0) is 83.4. The van der Waals surface area contributed by atoms with Crippen molar-refractivity contribution in [1.29, 1.82) is 0 Å². The first-order valence-electron chi connectivity index (χ1n) is 40.2. The van der Waals surface area contributed by atoms with Crippen molar-refractivity contribution in [3.05, 3.63) is 347 Å². The average Bonchev–Trinajstić information content (AvgIpc) is 1.49. The summed E-state index contributed by atoms with van der Waals surface area (Å²) in [4.78, 5) is 37.2. The third kappa shape index (κ3) is 16.9. The van der Waals surface area contributed by atoms with E-state index in [1.165, 1.54) is 126 Å². The van der Waals surface area contributed by atoms with Crippen LogP contribution in [0.2, 0.25) is 0 Å². The van der Waals surface area contributed by atoms with Crippen molar-refractivity contribution >= 4 is 110 Å². The Morgan fingerprint density at radius 3 is 0.873 bits per heavy atom. The predicted molar refractivity (Wildman–Crippen MR) is 493 cm³/mol. The van der Waals surface area contributed by atoms with Gasteiger partial charge < -0.3 is 32.8 Å². The van der Waals surface area contributed by atoms with Gasteiger partial charge >= 0.3 is 0 Å². The highest BCUT2D eigenvalue weighted by atomic mass is 16.5. The first-order valence-corrected chi connectivity index (χ1v) is 40.2. The Morgan fingerprint density at radius 1 is 0.237 bits per heavy atom. The Bertz CT molecular complexity index is 6210. The second kappa shape index (κ2) is 34.4. The molecule has 0 unspecified atom stereocenters. The van der Waals surface area contributed by atoms with Crippen molar-refractivity contribution in [3.63, 3.8) is 0 Å². The van der Waals surface area contributed by atoms with Crippen LogP contribution in [0.4, 0.5) is 22.7 Å². The monoisotopic (exact) mass is 1550 g/mol. The molecule has 10 heterocycles. The van der Waals surface area contributed by atoms with Gasteiger partial charge in [-0.3, -0.25) is 4.98 Å². The van der Waals surface area contributed by atoms with Crippen molar-refractivity contribution in [1.82, 2.24) is 58.1 Å². The van der Waals surface area contributed by atoms with E-state index >= 15 is 0 Å². The normalized spacial score (nSPS) is 12.0. The topological polar surface area (TPSA) is 139 Å². The van der Waals surface area contributed by atoms with Gasteiger partial charge in [0.1, 0.15) is 29.1 Å². The minimum atomic E-state index is 0.0830. The van der Waals surface area contributed by atoms with Gasteiger partial charge in [-0.25, -0.2) is 34.9 Å². The number of hydrogen-bond donors (Lipinski definition) is 0. The fourth-order valence-corrected chi connectivity index (χ4v) is 17.0. The van der Waals surface area contributed by atoms with Gasteiger partial charge in [0.2, 0.25) is 0 Å². The van der Waals surface area contributed by atoms with Crippen LogP contribution in [0.15, 0.2) is 267 Å². The molecule has 0 atom stereocenters. The molecule has 19 aromatic rings. The molecule has 11 aromatic carbocycles. The molecule has 2 aliphatic heterocycles. The molecule has 592 valence electrons. The molecule has 2 aliphatic rings. The maximum atomic E-state index is 5.81. The van der Waals surface area contributed by atoms with E-state index in [-0.39, 0.29) is 5.41 Å². The van der Waals surface area contributed by atoms with Gasteiger partial charge in [0.15, 0.2) is 11.5 Å². The van der Waals surface area contributed by atoms with Crippen molar-refractivity contribution in [3.8, 4) is 22.6 Å². The number of pyridine rings is 1. The lowest BCUT2D eigenvalue weighted by molar-refractivity contribution is 0.475. The van der Waals surface area contributed by atoms with Gasteiger partial charge in [0.05, 0.1) is 22.4 Å². The summed E-state index contributed by atoms with van der Waals surface area (Å²) < 4.78 is 15.0.